The van der Waals surface area contributed by atoms with Gasteiger partial charge in [0, 0.05) is 25.2 Å². The number of aliphatic carboxylic acids is 1. The lowest BCUT2D eigenvalue weighted by molar-refractivity contribution is -0.147. The zero-order valence-electron chi connectivity index (χ0n) is 20.2. The number of carboxylic acid groups (broad SMARTS) is 1. The predicted molar refractivity (Wildman–Crippen MR) is 131 cm³/mol. The minimum atomic E-state index is -0.677. The highest BCUT2D eigenvalue weighted by Gasteiger charge is 2.33. The number of hydrogen-bond acceptors (Lipinski definition) is 4. The number of hydrogen-bond donors (Lipinski definition) is 1. The topological polar surface area (TPSA) is 59.0 Å². The molecule has 5 nitrogen and oxygen atoms in total. The summed E-state index contributed by atoms with van der Waals surface area (Å²) in [6.07, 6.45) is 4.18. The van der Waals surface area contributed by atoms with Gasteiger partial charge in [0.15, 0.2) is 0 Å². The third-order valence-electron chi connectivity index (χ3n) is 7.15. The van der Waals surface area contributed by atoms with Crippen LogP contribution in [0.1, 0.15) is 54.5 Å². The van der Waals surface area contributed by atoms with E-state index in [9.17, 15) is 4.79 Å². The first-order valence-corrected chi connectivity index (χ1v) is 12.0. The van der Waals surface area contributed by atoms with E-state index >= 15 is 0 Å². The Bertz CT molecular complexity index is 1070. The summed E-state index contributed by atoms with van der Waals surface area (Å²) in [6, 6.07) is 10.7. The number of methoxy groups -OCH3 is 1. The predicted octanol–water partition coefficient (Wildman–Crippen LogP) is 5.27. The molecule has 1 N–H and O–H groups in total. The third-order valence-corrected chi connectivity index (χ3v) is 7.15. The van der Waals surface area contributed by atoms with Crippen molar-refractivity contribution < 1.29 is 19.4 Å². The maximum Gasteiger partial charge on any atom is 0.309 e. The summed E-state index contributed by atoms with van der Waals surface area (Å²) in [4.78, 5) is 13.3. The molecule has 2 aliphatic rings. The van der Waals surface area contributed by atoms with Crippen molar-refractivity contribution in [3.05, 3.63) is 63.7 Å². The van der Waals surface area contributed by atoms with Gasteiger partial charge in [0.1, 0.15) is 18.1 Å². The van der Waals surface area contributed by atoms with Gasteiger partial charge in [-0.1, -0.05) is 37.1 Å². The number of aryl methyl sites for hydroxylation is 1. The number of ether oxygens (including phenoxy) is 2. The van der Waals surface area contributed by atoms with E-state index in [4.69, 9.17) is 14.6 Å². The first-order valence-electron chi connectivity index (χ1n) is 12.0. The van der Waals surface area contributed by atoms with Crippen LogP contribution < -0.4 is 9.47 Å². The number of likely N-dealkylation sites (tertiary alicyclic amines) is 1. The van der Waals surface area contributed by atoms with E-state index in [1.165, 1.54) is 33.4 Å². The average Bonchev–Trinajstić information content (AvgIpc) is 2.77. The fraction of sp³-hybridized carbons (Fsp3) is 0.464. The number of rotatable bonds is 9. The second kappa shape index (κ2) is 10.0. The molecule has 0 bridgehead atoms. The molecule has 5 heteroatoms. The fourth-order valence-corrected chi connectivity index (χ4v) is 5.05. The molecule has 1 saturated heterocycles. The Kier molecular flexibility index (Phi) is 7.08. The molecule has 1 heterocycles. The Labute approximate surface area is 197 Å². The summed E-state index contributed by atoms with van der Waals surface area (Å²) in [6.45, 7) is 9.21. The number of allylic oxidation sites excluding steroid dienone is 1. The van der Waals surface area contributed by atoms with Crippen LogP contribution in [0.25, 0.3) is 5.57 Å². The van der Waals surface area contributed by atoms with Gasteiger partial charge in [0.05, 0.1) is 13.0 Å². The Hall–Kier alpha value is -2.79. The molecule has 0 unspecified atom stereocenters. The van der Waals surface area contributed by atoms with E-state index in [2.05, 4.69) is 56.0 Å². The van der Waals surface area contributed by atoms with Crippen molar-refractivity contribution >= 4 is 11.5 Å². The molecule has 0 spiro atoms. The minimum absolute atomic E-state index is 0.204. The minimum Gasteiger partial charge on any atom is -0.496 e. The lowest BCUT2D eigenvalue weighted by atomic mass is 9.83. The van der Waals surface area contributed by atoms with Gasteiger partial charge in [-0.2, -0.15) is 0 Å². The van der Waals surface area contributed by atoms with Crippen molar-refractivity contribution in [2.75, 3.05) is 26.7 Å². The molecule has 2 aromatic rings. The molecule has 1 fully saturated rings. The van der Waals surface area contributed by atoms with Crippen LogP contribution >= 0.6 is 0 Å². The number of carboxylic acids is 1. The zero-order chi connectivity index (χ0) is 23.5. The molecular formula is C28H35NO4. The van der Waals surface area contributed by atoms with Crippen LogP contribution in [0.3, 0.4) is 0 Å². The second-order valence-corrected chi connectivity index (χ2v) is 9.36. The van der Waals surface area contributed by atoms with Gasteiger partial charge in [0.25, 0.3) is 0 Å². The normalized spacial score (nSPS) is 16.4. The van der Waals surface area contributed by atoms with Crippen molar-refractivity contribution in [3.63, 3.8) is 0 Å². The molecule has 1 aliphatic heterocycles. The summed E-state index contributed by atoms with van der Waals surface area (Å²) < 4.78 is 11.9. The summed E-state index contributed by atoms with van der Waals surface area (Å²) in [5.41, 5.74) is 8.99. The number of benzene rings is 2. The molecule has 0 radical (unpaired) electrons. The average molecular weight is 450 g/mol. The highest BCUT2D eigenvalue weighted by molar-refractivity contribution is 5.74. The van der Waals surface area contributed by atoms with Crippen molar-refractivity contribution in [1.82, 2.24) is 4.90 Å². The molecule has 0 amide bonds. The quantitative estimate of drug-likeness (QED) is 0.565. The van der Waals surface area contributed by atoms with E-state index < -0.39 is 5.97 Å². The molecule has 0 aromatic heterocycles. The van der Waals surface area contributed by atoms with Gasteiger partial charge in [-0.05, 0) is 73.1 Å². The Morgan fingerprint density at radius 3 is 2.61 bits per heavy atom. The fourth-order valence-electron chi connectivity index (χ4n) is 5.05. The van der Waals surface area contributed by atoms with E-state index in [1.54, 1.807) is 7.11 Å². The van der Waals surface area contributed by atoms with Crippen LogP contribution in [0.15, 0.2) is 35.9 Å². The van der Waals surface area contributed by atoms with E-state index in [0.29, 0.717) is 19.7 Å². The standard InChI is InChI=1S/C28H35NO4/c1-5-6-20-7-8-22(27(13-20)32-4)17-33-26-12-11-24-18(2)21(9-10-25(24)19(26)3)14-29-15-23(16-29)28(30)31/h7-8,11-13,23H,5-6,9-10,14-17H2,1-4H3,(H,30,31). The first kappa shape index (κ1) is 23.4. The van der Waals surface area contributed by atoms with Gasteiger partial charge in [-0.15, -0.1) is 0 Å². The lowest BCUT2D eigenvalue weighted by Crippen LogP contribution is -2.50. The zero-order valence-corrected chi connectivity index (χ0v) is 20.2. The van der Waals surface area contributed by atoms with Gasteiger partial charge in [0.2, 0.25) is 0 Å². The summed E-state index contributed by atoms with van der Waals surface area (Å²) in [5.74, 6) is 0.932. The van der Waals surface area contributed by atoms with Gasteiger partial charge in [-0.25, -0.2) is 0 Å². The van der Waals surface area contributed by atoms with Crippen molar-refractivity contribution in [2.45, 2.75) is 53.1 Å². The largest absolute Gasteiger partial charge is 0.496 e. The monoisotopic (exact) mass is 449 g/mol. The molecule has 1 aliphatic carbocycles. The van der Waals surface area contributed by atoms with Crippen molar-refractivity contribution in [1.29, 1.82) is 0 Å². The van der Waals surface area contributed by atoms with E-state index in [0.717, 1.165) is 49.3 Å². The molecule has 33 heavy (non-hydrogen) atoms. The first-order chi connectivity index (χ1) is 15.9. The Morgan fingerprint density at radius 2 is 1.91 bits per heavy atom. The molecule has 2 aromatic carbocycles. The highest BCUT2D eigenvalue weighted by atomic mass is 16.5. The summed E-state index contributed by atoms with van der Waals surface area (Å²) in [7, 11) is 1.72. The van der Waals surface area contributed by atoms with Crippen LogP contribution in [-0.2, 0) is 24.2 Å². The highest BCUT2D eigenvalue weighted by Crippen LogP contribution is 2.37. The van der Waals surface area contributed by atoms with Gasteiger partial charge >= 0.3 is 5.97 Å². The Balaban J connectivity index is 1.46. The third kappa shape index (κ3) is 4.93. The second-order valence-electron chi connectivity index (χ2n) is 9.36. The van der Waals surface area contributed by atoms with Gasteiger partial charge in [-0.3, -0.25) is 9.69 Å². The summed E-state index contributed by atoms with van der Waals surface area (Å²) in [5, 5.41) is 9.12. The maximum absolute atomic E-state index is 11.1. The van der Waals surface area contributed by atoms with Crippen LogP contribution in [-0.4, -0.2) is 42.7 Å². The number of fused-ring (bicyclic) bond motifs is 1. The molecule has 0 atom stereocenters. The number of nitrogens with zero attached hydrogens (tertiary/aromatic N) is 1. The number of carbonyl (C=O) groups is 1. The van der Waals surface area contributed by atoms with Crippen molar-refractivity contribution in [2.24, 2.45) is 5.92 Å². The molecule has 4 rings (SSSR count). The van der Waals surface area contributed by atoms with Crippen molar-refractivity contribution in [3.8, 4) is 11.5 Å². The molecule has 0 saturated carbocycles. The van der Waals surface area contributed by atoms with Crippen LogP contribution in [0.2, 0.25) is 0 Å². The van der Waals surface area contributed by atoms with E-state index in [1.807, 2.05) is 0 Å². The van der Waals surface area contributed by atoms with Gasteiger partial charge < -0.3 is 14.6 Å². The van der Waals surface area contributed by atoms with Crippen LogP contribution in [0, 0.1) is 12.8 Å². The molecular weight excluding hydrogens is 414 g/mol. The summed E-state index contributed by atoms with van der Waals surface area (Å²) >= 11 is 0. The van der Waals surface area contributed by atoms with E-state index in [-0.39, 0.29) is 5.92 Å². The molecule has 176 valence electrons. The SMILES string of the molecule is CCCc1ccc(COc2ccc3c(c2C)CCC(CN2CC(C(=O)O)C2)=C3C)c(OC)c1. The Morgan fingerprint density at radius 1 is 1.12 bits per heavy atom. The van der Waals surface area contributed by atoms with Crippen LogP contribution in [0.4, 0.5) is 0 Å². The maximum atomic E-state index is 11.1. The lowest BCUT2D eigenvalue weighted by Gasteiger charge is -2.38. The smallest absolute Gasteiger partial charge is 0.309 e. The van der Waals surface area contributed by atoms with Crippen LogP contribution in [0.5, 0.6) is 11.5 Å².